The number of hydrogen-bond donors (Lipinski definition) is 2. The number of thioether (sulfide) groups is 1. The fourth-order valence-electron chi connectivity index (χ4n) is 4.26. The van der Waals surface area contributed by atoms with E-state index in [0.717, 1.165) is 32.9 Å². The van der Waals surface area contributed by atoms with Crippen molar-refractivity contribution in [2.45, 2.75) is 29.5 Å². The molecule has 150 valence electrons. The Bertz CT molecular complexity index is 1280. The van der Waals surface area contributed by atoms with Crippen LogP contribution in [0.15, 0.2) is 57.5 Å². The molecule has 3 aromatic rings. The summed E-state index contributed by atoms with van der Waals surface area (Å²) < 4.78 is 0.806. The van der Waals surface area contributed by atoms with Crippen molar-refractivity contribution in [3.05, 3.63) is 58.7 Å². The first-order valence-corrected chi connectivity index (χ1v) is 11.6. The van der Waals surface area contributed by atoms with Crippen LogP contribution in [0.4, 0.5) is 5.13 Å². The number of nitriles is 1. The van der Waals surface area contributed by atoms with Crippen molar-refractivity contribution >= 4 is 44.9 Å². The van der Waals surface area contributed by atoms with E-state index < -0.39 is 5.92 Å². The van der Waals surface area contributed by atoms with E-state index in [1.54, 1.807) is 4.90 Å². The lowest BCUT2D eigenvalue weighted by atomic mass is 9.75. The predicted molar refractivity (Wildman–Crippen MR) is 118 cm³/mol. The molecule has 1 atom stereocenters. The minimum Gasteiger partial charge on any atom is -0.384 e. The van der Waals surface area contributed by atoms with Gasteiger partial charge in [-0.3, -0.25) is 9.69 Å². The summed E-state index contributed by atoms with van der Waals surface area (Å²) in [5.41, 5.74) is 10.3. The Morgan fingerprint density at radius 2 is 2.20 bits per heavy atom. The third-order valence-electron chi connectivity index (χ3n) is 5.59. The van der Waals surface area contributed by atoms with Crippen molar-refractivity contribution in [1.82, 2.24) is 15.2 Å². The Balaban J connectivity index is 1.73. The SMILES string of the molecule is CSc1nnc(N2C(N)=C(C#N)C(c3ccc4[nH]ccc4c3)C3=C2CCCC3=O)s1. The monoisotopic (exact) mass is 434 g/mol. The number of H-pyrrole nitrogens is 1. The lowest BCUT2D eigenvalue weighted by Gasteiger charge is -2.38. The molecule has 0 amide bonds. The standard InChI is InChI=1S/C21H18N6OS2/c1-29-21-26-25-20(30-21)27-15-3-2-4-16(28)18(15)17(13(10-22)19(27)23)12-5-6-14-11(9-12)7-8-24-14/h5-9,17,24H,2-4,23H2,1H3. The highest BCUT2D eigenvalue weighted by Crippen LogP contribution is 2.47. The van der Waals surface area contributed by atoms with E-state index in [-0.39, 0.29) is 5.78 Å². The number of fused-ring (bicyclic) bond motifs is 1. The van der Waals surface area contributed by atoms with Gasteiger partial charge in [0.15, 0.2) is 10.1 Å². The van der Waals surface area contributed by atoms with Gasteiger partial charge in [0.05, 0.1) is 17.6 Å². The average Bonchev–Trinajstić information content (AvgIpc) is 3.41. The summed E-state index contributed by atoms with van der Waals surface area (Å²) in [6.45, 7) is 0. The lowest BCUT2D eigenvalue weighted by Crippen LogP contribution is -2.38. The molecular formula is C21H18N6OS2. The summed E-state index contributed by atoms with van der Waals surface area (Å²) in [5.74, 6) is -0.0783. The number of aromatic amines is 1. The Morgan fingerprint density at radius 3 is 2.97 bits per heavy atom. The molecule has 0 saturated carbocycles. The largest absolute Gasteiger partial charge is 0.384 e. The highest BCUT2D eigenvalue weighted by Gasteiger charge is 2.41. The summed E-state index contributed by atoms with van der Waals surface area (Å²) in [5, 5.41) is 20.1. The molecule has 3 N–H and O–H groups in total. The first kappa shape index (κ1) is 18.9. The molecule has 2 aromatic heterocycles. The molecule has 3 heterocycles. The number of benzene rings is 1. The predicted octanol–water partition coefficient (Wildman–Crippen LogP) is 4.05. The maximum Gasteiger partial charge on any atom is 0.219 e. The van der Waals surface area contributed by atoms with Crippen molar-refractivity contribution < 1.29 is 4.79 Å². The quantitative estimate of drug-likeness (QED) is 0.598. The Labute approximate surface area is 181 Å². The Kier molecular flexibility index (Phi) is 4.60. The molecule has 1 aromatic carbocycles. The summed E-state index contributed by atoms with van der Waals surface area (Å²) in [6, 6.07) is 10.2. The van der Waals surface area contributed by atoms with Gasteiger partial charge < -0.3 is 10.7 Å². The molecule has 1 unspecified atom stereocenters. The number of anilines is 1. The van der Waals surface area contributed by atoms with Crippen molar-refractivity contribution in [2.75, 3.05) is 11.2 Å². The number of nitrogens with zero attached hydrogens (tertiary/aromatic N) is 4. The van der Waals surface area contributed by atoms with Crippen molar-refractivity contribution in [2.24, 2.45) is 5.73 Å². The molecule has 5 rings (SSSR count). The van der Waals surface area contributed by atoms with Crippen LogP contribution in [0.2, 0.25) is 0 Å². The van der Waals surface area contributed by atoms with Crippen LogP contribution >= 0.6 is 23.1 Å². The summed E-state index contributed by atoms with van der Waals surface area (Å²) in [7, 11) is 0. The van der Waals surface area contributed by atoms with E-state index in [9.17, 15) is 10.1 Å². The fraction of sp³-hybridized carbons (Fsp3) is 0.238. The minimum absolute atomic E-state index is 0.0651. The van der Waals surface area contributed by atoms with E-state index in [1.165, 1.54) is 23.1 Å². The van der Waals surface area contributed by atoms with Crippen LogP contribution in [0.3, 0.4) is 0 Å². The maximum atomic E-state index is 13.1. The zero-order valence-corrected chi connectivity index (χ0v) is 17.8. The molecule has 1 aliphatic heterocycles. The highest BCUT2D eigenvalue weighted by atomic mass is 32.2. The number of Topliss-reactive ketones (excluding diaryl/α,β-unsaturated/α-hetero) is 1. The minimum atomic E-state index is -0.471. The Morgan fingerprint density at radius 1 is 1.33 bits per heavy atom. The molecule has 0 spiro atoms. The van der Waals surface area contributed by atoms with Gasteiger partial charge in [-0.15, -0.1) is 10.2 Å². The van der Waals surface area contributed by atoms with Crippen molar-refractivity contribution in [1.29, 1.82) is 5.26 Å². The van der Waals surface area contributed by atoms with E-state index in [4.69, 9.17) is 5.73 Å². The summed E-state index contributed by atoms with van der Waals surface area (Å²) >= 11 is 2.91. The third kappa shape index (κ3) is 2.83. The van der Waals surface area contributed by atoms with Crippen LogP contribution in [0.25, 0.3) is 10.9 Å². The number of ketones is 1. The van der Waals surface area contributed by atoms with Crippen LogP contribution in [0, 0.1) is 11.3 Å². The van der Waals surface area contributed by atoms with Crippen molar-refractivity contribution in [3.63, 3.8) is 0 Å². The van der Waals surface area contributed by atoms with Crippen LogP contribution < -0.4 is 10.6 Å². The number of carbonyl (C=O) groups excluding carboxylic acids is 1. The number of nitrogens with two attached hydrogens (primary N) is 1. The first-order valence-electron chi connectivity index (χ1n) is 9.53. The molecule has 9 heteroatoms. The van der Waals surface area contributed by atoms with Gasteiger partial charge in [-0.1, -0.05) is 29.2 Å². The summed E-state index contributed by atoms with van der Waals surface area (Å²) in [4.78, 5) is 18.1. The first-order chi connectivity index (χ1) is 14.6. The second-order valence-corrected chi connectivity index (χ2v) is 9.20. The van der Waals surface area contributed by atoms with Crippen molar-refractivity contribution in [3.8, 4) is 6.07 Å². The number of rotatable bonds is 3. The van der Waals surface area contributed by atoms with Gasteiger partial charge in [-0.2, -0.15) is 5.26 Å². The average molecular weight is 435 g/mol. The van der Waals surface area contributed by atoms with E-state index in [1.807, 2.05) is 36.7 Å². The topological polar surface area (TPSA) is 112 Å². The second kappa shape index (κ2) is 7.31. The van der Waals surface area contributed by atoms with Gasteiger partial charge in [0, 0.05) is 29.4 Å². The number of aromatic nitrogens is 3. The number of nitrogens with one attached hydrogen (secondary N) is 1. The molecule has 0 fully saturated rings. The van der Waals surface area contributed by atoms with Gasteiger partial charge >= 0.3 is 0 Å². The second-order valence-electron chi connectivity index (χ2n) is 7.20. The molecule has 0 bridgehead atoms. The van der Waals surface area contributed by atoms with E-state index in [0.29, 0.717) is 34.9 Å². The molecule has 1 aliphatic carbocycles. The van der Waals surface area contributed by atoms with E-state index >= 15 is 0 Å². The number of hydrogen-bond acceptors (Lipinski definition) is 8. The van der Waals surface area contributed by atoms with Gasteiger partial charge in [0.1, 0.15) is 5.82 Å². The molecule has 2 aliphatic rings. The molecule has 0 radical (unpaired) electrons. The van der Waals surface area contributed by atoms with Crippen LogP contribution in [-0.2, 0) is 4.79 Å². The number of allylic oxidation sites excluding steroid dienone is 3. The number of carbonyl (C=O) groups is 1. The van der Waals surface area contributed by atoms with Crippen LogP contribution in [0.1, 0.15) is 30.7 Å². The normalized spacial score (nSPS) is 19.4. The Hall–Kier alpha value is -3.09. The van der Waals surface area contributed by atoms with Gasteiger partial charge in [-0.05, 0) is 48.2 Å². The smallest absolute Gasteiger partial charge is 0.219 e. The zero-order chi connectivity index (χ0) is 20.8. The highest BCUT2D eigenvalue weighted by molar-refractivity contribution is 8.00. The molecule has 30 heavy (non-hydrogen) atoms. The van der Waals surface area contributed by atoms with Crippen LogP contribution in [0.5, 0.6) is 0 Å². The maximum absolute atomic E-state index is 13.1. The molecular weight excluding hydrogens is 416 g/mol. The van der Waals surface area contributed by atoms with Crippen LogP contribution in [-0.4, -0.2) is 27.2 Å². The fourth-order valence-corrected chi connectivity index (χ4v) is 5.56. The zero-order valence-electron chi connectivity index (χ0n) is 16.2. The van der Waals surface area contributed by atoms with Gasteiger partial charge in [-0.25, -0.2) is 0 Å². The van der Waals surface area contributed by atoms with Gasteiger partial charge in [0.25, 0.3) is 0 Å². The molecule has 0 saturated heterocycles. The van der Waals surface area contributed by atoms with Gasteiger partial charge in [0.2, 0.25) is 5.13 Å². The molecule has 7 nitrogen and oxygen atoms in total. The summed E-state index contributed by atoms with van der Waals surface area (Å²) in [6.07, 6.45) is 5.74. The third-order valence-corrected chi connectivity index (χ3v) is 7.47. The lowest BCUT2D eigenvalue weighted by molar-refractivity contribution is -0.116. The van der Waals surface area contributed by atoms with E-state index in [2.05, 4.69) is 21.3 Å².